The zero-order valence-corrected chi connectivity index (χ0v) is 28.1. The summed E-state index contributed by atoms with van der Waals surface area (Å²) in [5.41, 5.74) is 2.79. The Morgan fingerprint density at radius 2 is 1.41 bits per heavy atom. The van der Waals surface area contributed by atoms with Gasteiger partial charge >= 0.3 is 0 Å². The van der Waals surface area contributed by atoms with E-state index in [0.29, 0.717) is 31.9 Å². The number of sulfonamides is 2. The summed E-state index contributed by atoms with van der Waals surface area (Å²) < 4.78 is 54.1. The van der Waals surface area contributed by atoms with E-state index in [1.165, 1.54) is 0 Å². The number of piperidine rings is 1. The van der Waals surface area contributed by atoms with Gasteiger partial charge in [0, 0.05) is 62.8 Å². The summed E-state index contributed by atoms with van der Waals surface area (Å²) in [5.74, 6) is 0.130. The molecule has 3 heterocycles. The van der Waals surface area contributed by atoms with Crippen molar-refractivity contribution in [1.82, 2.24) is 23.8 Å². The van der Waals surface area contributed by atoms with Gasteiger partial charge in [-0.25, -0.2) is 26.3 Å². The molecule has 0 spiro atoms. The van der Waals surface area contributed by atoms with E-state index in [0.717, 1.165) is 72.6 Å². The molecule has 2 amide bonds. The molecule has 5 rings (SSSR count). The molecule has 46 heavy (non-hydrogen) atoms. The third-order valence-corrected chi connectivity index (χ3v) is 11.9. The number of amides is 2. The molecule has 1 aromatic carbocycles. The number of carbonyl (C=O) groups is 2. The zero-order chi connectivity index (χ0) is 33.1. The standard InChI is InChI=1S/C33H45N5O6S2/c1-4-45(41,42)34-21-25-9-8-19-38(24-25)32(40)33(17-6-7-18-33)28-12-10-27(11-13-28)29-14-15-30(36(29)3)31(39)37-20-16-26(23-37)22-35-46(43,44)5-2/h4-5,10-15,25-26,34-35H,1-2,6-9,16-24H2,3H3/t25-,26-/m1/s1. The maximum atomic E-state index is 14.2. The molecule has 2 aromatic rings. The lowest BCUT2D eigenvalue weighted by atomic mass is 9.76. The van der Waals surface area contributed by atoms with Gasteiger partial charge in [0.15, 0.2) is 0 Å². The molecular formula is C33H45N5O6S2. The summed E-state index contributed by atoms with van der Waals surface area (Å²) >= 11 is 0. The van der Waals surface area contributed by atoms with Crippen molar-refractivity contribution in [2.75, 3.05) is 39.3 Å². The van der Waals surface area contributed by atoms with E-state index < -0.39 is 25.5 Å². The van der Waals surface area contributed by atoms with Gasteiger partial charge in [-0.15, -0.1) is 0 Å². The van der Waals surface area contributed by atoms with Crippen LogP contribution >= 0.6 is 0 Å². The van der Waals surface area contributed by atoms with Crippen LogP contribution in [0.5, 0.6) is 0 Å². The first kappa shape index (κ1) is 34.1. The zero-order valence-electron chi connectivity index (χ0n) is 26.5. The van der Waals surface area contributed by atoms with E-state index in [2.05, 4.69) is 22.6 Å². The minimum Gasteiger partial charge on any atom is -0.342 e. The molecule has 0 radical (unpaired) electrons. The molecule has 3 fully saturated rings. The highest BCUT2D eigenvalue weighted by molar-refractivity contribution is 7.92. The molecule has 13 heteroatoms. The maximum Gasteiger partial charge on any atom is 0.270 e. The lowest BCUT2D eigenvalue weighted by Crippen LogP contribution is -2.50. The van der Waals surface area contributed by atoms with Crippen molar-refractivity contribution < 1.29 is 26.4 Å². The summed E-state index contributed by atoms with van der Waals surface area (Å²) in [6.07, 6.45) is 5.93. The fourth-order valence-corrected chi connectivity index (χ4v) is 8.40. The number of rotatable bonds is 12. The topological polar surface area (TPSA) is 138 Å². The van der Waals surface area contributed by atoms with Crippen LogP contribution in [0.2, 0.25) is 0 Å². The largest absolute Gasteiger partial charge is 0.342 e. The minimum atomic E-state index is -3.51. The first-order chi connectivity index (χ1) is 21.9. The molecule has 0 unspecified atom stereocenters. The Morgan fingerprint density at radius 1 is 0.826 bits per heavy atom. The smallest absolute Gasteiger partial charge is 0.270 e. The Bertz CT molecular complexity index is 1680. The Morgan fingerprint density at radius 3 is 2.02 bits per heavy atom. The number of nitrogens with zero attached hydrogens (tertiary/aromatic N) is 3. The van der Waals surface area contributed by atoms with Gasteiger partial charge in [-0.05, 0) is 67.2 Å². The molecule has 2 atom stereocenters. The molecule has 250 valence electrons. The summed E-state index contributed by atoms with van der Waals surface area (Å²) in [5, 5.41) is 1.80. The summed E-state index contributed by atoms with van der Waals surface area (Å²) in [4.78, 5) is 31.3. The Labute approximate surface area is 272 Å². The second-order valence-corrected chi connectivity index (χ2v) is 16.2. The summed E-state index contributed by atoms with van der Waals surface area (Å²) in [7, 11) is -5.15. The first-order valence-corrected chi connectivity index (χ1v) is 19.1. The van der Waals surface area contributed by atoms with Gasteiger partial charge in [-0.2, -0.15) is 0 Å². The second kappa shape index (κ2) is 13.8. The van der Waals surface area contributed by atoms with Gasteiger partial charge in [0.05, 0.1) is 5.41 Å². The molecule has 1 aromatic heterocycles. The van der Waals surface area contributed by atoms with Crippen LogP contribution in [-0.4, -0.2) is 82.3 Å². The highest BCUT2D eigenvalue weighted by Gasteiger charge is 2.45. The van der Waals surface area contributed by atoms with E-state index >= 15 is 0 Å². The Kier molecular flexibility index (Phi) is 10.3. The van der Waals surface area contributed by atoms with Crippen molar-refractivity contribution in [3.05, 3.63) is 71.6 Å². The number of hydrogen-bond acceptors (Lipinski definition) is 6. The highest BCUT2D eigenvalue weighted by atomic mass is 32.2. The normalized spacial score (nSPS) is 21.8. The second-order valence-electron chi connectivity index (χ2n) is 12.8. The van der Waals surface area contributed by atoms with Crippen LogP contribution in [0.3, 0.4) is 0 Å². The average Bonchev–Trinajstić information content (AvgIpc) is 3.83. The quantitative estimate of drug-likeness (QED) is 0.355. The third kappa shape index (κ3) is 7.32. The molecule has 11 nitrogen and oxygen atoms in total. The lowest BCUT2D eigenvalue weighted by Gasteiger charge is -2.39. The van der Waals surface area contributed by atoms with Gasteiger partial charge in [0.2, 0.25) is 26.0 Å². The molecule has 0 bridgehead atoms. The van der Waals surface area contributed by atoms with Gasteiger partial charge in [-0.3, -0.25) is 9.59 Å². The van der Waals surface area contributed by atoms with Gasteiger partial charge in [-0.1, -0.05) is 50.3 Å². The van der Waals surface area contributed by atoms with Crippen LogP contribution in [0.1, 0.15) is 61.0 Å². The Hall–Kier alpha value is -3.26. The van der Waals surface area contributed by atoms with Gasteiger partial charge in [0.25, 0.3) is 5.91 Å². The van der Waals surface area contributed by atoms with Gasteiger partial charge < -0.3 is 14.4 Å². The molecule has 3 aliphatic rings. The maximum absolute atomic E-state index is 14.2. The van der Waals surface area contributed by atoms with Crippen molar-refractivity contribution in [2.24, 2.45) is 18.9 Å². The number of carbonyl (C=O) groups excluding carboxylic acids is 2. The fourth-order valence-electron chi connectivity index (χ4n) is 7.23. The number of aromatic nitrogens is 1. The van der Waals surface area contributed by atoms with Crippen molar-refractivity contribution >= 4 is 31.9 Å². The van der Waals surface area contributed by atoms with E-state index in [-0.39, 0.29) is 36.7 Å². The number of hydrogen-bond donors (Lipinski definition) is 2. The van der Waals surface area contributed by atoms with E-state index in [4.69, 9.17) is 0 Å². The predicted molar refractivity (Wildman–Crippen MR) is 179 cm³/mol. The van der Waals surface area contributed by atoms with Crippen LogP contribution in [0.4, 0.5) is 0 Å². The van der Waals surface area contributed by atoms with Crippen molar-refractivity contribution in [1.29, 1.82) is 0 Å². The number of benzene rings is 1. The van der Waals surface area contributed by atoms with Crippen LogP contribution in [-0.2, 0) is 37.3 Å². The summed E-state index contributed by atoms with van der Waals surface area (Å²) in [6.45, 7) is 9.46. The molecule has 2 N–H and O–H groups in total. The molecule has 2 saturated heterocycles. The fraction of sp³-hybridized carbons (Fsp3) is 0.515. The minimum absolute atomic E-state index is 0.0393. The van der Waals surface area contributed by atoms with Crippen molar-refractivity contribution in [3.63, 3.8) is 0 Å². The van der Waals surface area contributed by atoms with Crippen LogP contribution in [0.25, 0.3) is 11.3 Å². The Balaban J connectivity index is 1.27. The monoisotopic (exact) mass is 671 g/mol. The first-order valence-electron chi connectivity index (χ1n) is 16.0. The van der Waals surface area contributed by atoms with E-state index in [1.807, 2.05) is 52.9 Å². The third-order valence-electron chi connectivity index (χ3n) is 9.91. The van der Waals surface area contributed by atoms with Crippen LogP contribution in [0, 0.1) is 11.8 Å². The molecule has 1 saturated carbocycles. The van der Waals surface area contributed by atoms with Crippen LogP contribution < -0.4 is 9.44 Å². The summed E-state index contributed by atoms with van der Waals surface area (Å²) in [6, 6.07) is 11.9. The van der Waals surface area contributed by atoms with Crippen LogP contribution in [0.15, 0.2) is 60.4 Å². The van der Waals surface area contributed by atoms with Crippen molar-refractivity contribution in [3.8, 4) is 11.3 Å². The highest BCUT2D eigenvalue weighted by Crippen LogP contribution is 2.44. The molecule has 1 aliphatic carbocycles. The SMILES string of the molecule is C=CS(=O)(=O)NC[C@H]1CCN(C(=O)c2ccc(-c3ccc(C4(C(=O)N5CCC[C@H](CNS(=O)(=O)C=C)C5)CCCC4)cc3)n2C)C1. The molecular weight excluding hydrogens is 627 g/mol. The number of likely N-dealkylation sites (tertiary alicyclic amines) is 2. The predicted octanol–water partition coefficient (Wildman–Crippen LogP) is 3.33. The molecule has 2 aliphatic heterocycles. The van der Waals surface area contributed by atoms with Crippen molar-refractivity contribution in [2.45, 2.75) is 50.4 Å². The number of nitrogens with one attached hydrogen (secondary N) is 2. The van der Waals surface area contributed by atoms with E-state index in [1.54, 1.807) is 4.90 Å². The van der Waals surface area contributed by atoms with E-state index in [9.17, 15) is 26.4 Å². The lowest BCUT2D eigenvalue weighted by molar-refractivity contribution is -0.139. The average molecular weight is 672 g/mol. The van der Waals surface area contributed by atoms with Gasteiger partial charge in [0.1, 0.15) is 5.69 Å².